The van der Waals surface area contributed by atoms with Crippen LogP contribution in [0.2, 0.25) is 0 Å². The molecule has 0 bridgehead atoms. The Hall–Kier alpha value is -2.73. The number of nitrogens with zero attached hydrogens (tertiary/aromatic N) is 2. The van der Waals surface area contributed by atoms with E-state index in [1.807, 2.05) is 0 Å². The molecule has 0 saturated carbocycles. The van der Waals surface area contributed by atoms with Gasteiger partial charge in [0.05, 0.1) is 16.4 Å². The van der Waals surface area contributed by atoms with Crippen LogP contribution in [0.3, 0.4) is 0 Å². The average molecular weight is 335 g/mol. The highest BCUT2D eigenvalue weighted by atomic mass is 32.2. The number of benzene rings is 1. The lowest BCUT2D eigenvalue weighted by atomic mass is 10.1. The number of hydrogen-bond acceptors (Lipinski definition) is 6. The molecule has 0 spiro atoms. The molecule has 1 aromatic rings. The van der Waals surface area contributed by atoms with Crippen molar-refractivity contribution in [1.82, 2.24) is 5.32 Å². The van der Waals surface area contributed by atoms with Crippen molar-refractivity contribution in [1.29, 1.82) is 5.26 Å². The molecule has 0 aliphatic carbocycles. The van der Waals surface area contributed by atoms with Crippen molar-refractivity contribution in [3.05, 3.63) is 45.5 Å². The third kappa shape index (κ3) is 4.37. The number of sulfone groups is 1. The number of nitrogens with one attached hydrogen (secondary N) is 1. The van der Waals surface area contributed by atoms with Gasteiger partial charge in [-0.25, -0.2) is 8.42 Å². The van der Waals surface area contributed by atoms with Gasteiger partial charge in [-0.05, 0) is 30.2 Å². The molecule has 1 aliphatic rings. The molecule has 1 aliphatic heterocycles. The molecule has 1 atom stereocenters. The summed E-state index contributed by atoms with van der Waals surface area (Å²) in [5, 5.41) is 22.2. The van der Waals surface area contributed by atoms with Crippen LogP contribution in [0, 0.1) is 21.4 Å². The molecule has 1 aromatic carbocycles. The van der Waals surface area contributed by atoms with Crippen molar-refractivity contribution in [2.45, 2.75) is 12.5 Å². The van der Waals surface area contributed by atoms with Gasteiger partial charge in [-0.2, -0.15) is 5.26 Å². The zero-order chi connectivity index (χ0) is 17.0. The van der Waals surface area contributed by atoms with Crippen molar-refractivity contribution >= 4 is 27.5 Å². The zero-order valence-electron chi connectivity index (χ0n) is 11.9. The molecule has 1 unspecified atom stereocenters. The number of non-ortho nitro benzene ring substituents is 1. The number of nitriles is 1. The van der Waals surface area contributed by atoms with Crippen molar-refractivity contribution in [3.63, 3.8) is 0 Å². The monoisotopic (exact) mass is 335 g/mol. The van der Waals surface area contributed by atoms with Crippen LogP contribution in [0.25, 0.3) is 6.08 Å². The van der Waals surface area contributed by atoms with E-state index in [2.05, 4.69) is 5.32 Å². The number of hydrogen-bond donors (Lipinski definition) is 1. The Morgan fingerprint density at radius 1 is 1.39 bits per heavy atom. The van der Waals surface area contributed by atoms with Gasteiger partial charge in [0.1, 0.15) is 11.6 Å². The van der Waals surface area contributed by atoms with E-state index >= 15 is 0 Å². The van der Waals surface area contributed by atoms with E-state index in [4.69, 9.17) is 5.26 Å². The summed E-state index contributed by atoms with van der Waals surface area (Å²) in [6.45, 7) is 0. The Kier molecular flexibility index (Phi) is 4.76. The fraction of sp³-hybridized carbons (Fsp3) is 0.286. The number of carbonyl (C=O) groups excluding carboxylic acids is 1. The van der Waals surface area contributed by atoms with Crippen LogP contribution in [-0.4, -0.2) is 36.8 Å². The third-order valence-corrected chi connectivity index (χ3v) is 5.12. The van der Waals surface area contributed by atoms with Gasteiger partial charge in [-0.15, -0.1) is 0 Å². The largest absolute Gasteiger partial charge is 0.348 e. The van der Waals surface area contributed by atoms with Crippen LogP contribution >= 0.6 is 0 Å². The summed E-state index contributed by atoms with van der Waals surface area (Å²) >= 11 is 0. The van der Waals surface area contributed by atoms with E-state index in [9.17, 15) is 23.3 Å². The Balaban J connectivity index is 2.11. The van der Waals surface area contributed by atoms with Gasteiger partial charge < -0.3 is 5.32 Å². The molecule has 1 N–H and O–H groups in total. The summed E-state index contributed by atoms with van der Waals surface area (Å²) < 4.78 is 22.7. The van der Waals surface area contributed by atoms with Crippen LogP contribution in [-0.2, 0) is 14.6 Å². The highest BCUT2D eigenvalue weighted by molar-refractivity contribution is 7.91. The number of nitro groups is 1. The van der Waals surface area contributed by atoms with Gasteiger partial charge in [-0.3, -0.25) is 14.9 Å². The first-order valence-electron chi connectivity index (χ1n) is 6.68. The third-order valence-electron chi connectivity index (χ3n) is 3.35. The molecule has 1 amide bonds. The quantitative estimate of drug-likeness (QED) is 0.375. The van der Waals surface area contributed by atoms with Crippen molar-refractivity contribution in [2.75, 3.05) is 11.5 Å². The molecule has 2 rings (SSSR count). The summed E-state index contributed by atoms with van der Waals surface area (Å²) in [6.07, 6.45) is 1.62. The van der Waals surface area contributed by atoms with Crippen LogP contribution in [0.15, 0.2) is 29.8 Å². The zero-order valence-corrected chi connectivity index (χ0v) is 12.7. The summed E-state index contributed by atoms with van der Waals surface area (Å²) in [5.41, 5.74) is 0.172. The second kappa shape index (κ2) is 6.58. The summed E-state index contributed by atoms with van der Waals surface area (Å²) in [7, 11) is -3.13. The molecule has 0 aromatic heterocycles. The second-order valence-electron chi connectivity index (χ2n) is 5.09. The van der Waals surface area contributed by atoms with Crippen LogP contribution in [0.5, 0.6) is 0 Å². The minimum atomic E-state index is -3.13. The predicted octanol–water partition coefficient (Wildman–Crippen LogP) is 0.805. The van der Waals surface area contributed by atoms with Crippen molar-refractivity contribution in [3.8, 4) is 6.07 Å². The van der Waals surface area contributed by atoms with Crippen LogP contribution in [0.1, 0.15) is 12.0 Å². The van der Waals surface area contributed by atoms with E-state index in [-0.39, 0.29) is 22.8 Å². The number of nitro benzene ring substituents is 1. The van der Waals surface area contributed by atoms with Gasteiger partial charge in [0.15, 0.2) is 9.84 Å². The fourth-order valence-corrected chi connectivity index (χ4v) is 3.85. The normalized spacial score (nSPS) is 19.8. The maximum absolute atomic E-state index is 12.0. The highest BCUT2D eigenvalue weighted by Crippen LogP contribution is 2.15. The lowest BCUT2D eigenvalue weighted by molar-refractivity contribution is -0.384. The molecule has 120 valence electrons. The van der Waals surface area contributed by atoms with Crippen LogP contribution in [0.4, 0.5) is 5.69 Å². The Morgan fingerprint density at radius 2 is 2.04 bits per heavy atom. The number of rotatable bonds is 4. The van der Waals surface area contributed by atoms with E-state index in [1.54, 1.807) is 6.07 Å². The van der Waals surface area contributed by atoms with Crippen molar-refractivity contribution < 1.29 is 18.1 Å². The molecule has 1 heterocycles. The standard InChI is InChI=1S/C14H13N3O5S/c15-8-11(7-10-1-3-13(4-2-10)17(19)20)14(18)16-12-5-6-23(21,22)9-12/h1-4,7,12H,5-6,9H2,(H,16,18). The minimum Gasteiger partial charge on any atom is -0.348 e. The van der Waals surface area contributed by atoms with Crippen molar-refractivity contribution in [2.24, 2.45) is 0 Å². The molecule has 9 heteroatoms. The van der Waals surface area contributed by atoms with E-state index in [0.717, 1.165) is 0 Å². The highest BCUT2D eigenvalue weighted by Gasteiger charge is 2.29. The lowest BCUT2D eigenvalue weighted by Crippen LogP contribution is -2.36. The Bertz CT molecular complexity index is 806. The first-order chi connectivity index (χ1) is 10.8. The van der Waals surface area contributed by atoms with Crippen LogP contribution < -0.4 is 5.32 Å². The SMILES string of the molecule is N#CC(=Cc1ccc([N+](=O)[O-])cc1)C(=O)NC1CCS(=O)(=O)C1. The second-order valence-corrected chi connectivity index (χ2v) is 7.32. The molecular weight excluding hydrogens is 322 g/mol. The summed E-state index contributed by atoms with van der Waals surface area (Å²) in [6, 6.07) is 6.62. The Morgan fingerprint density at radius 3 is 2.52 bits per heavy atom. The van der Waals surface area contributed by atoms with Gasteiger partial charge in [0.2, 0.25) is 0 Å². The lowest BCUT2D eigenvalue weighted by Gasteiger charge is -2.09. The number of amides is 1. The molecule has 23 heavy (non-hydrogen) atoms. The minimum absolute atomic E-state index is 0.0197. The molecule has 8 nitrogen and oxygen atoms in total. The first kappa shape index (κ1) is 16.6. The smallest absolute Gasteiger partial charge is 0.269 e. The summed E-state index contributed by atoms with van der Waals surface area (Å²) in [4.78, 5) is 22.0. The van der Waals surface area contributed by atoms with Gasteiger partial charge in [0.25, 0.3) is 11.6 Å². The molecule has 1 saturated heterocycles. The van der Waals surface area contributed by atoms with Gasteiger partial charge in [-0.1, -0.05) is 0 Å². The topological polar surface area (TPSA) is 130 Å². The number of carbonyl (C=O) groups is 1. The predicted molar refractivity (Wildman–Crippen MR) is 81.9 cm³/mol. The molecule has 1 fully saturated rings. The molecular formula is C14H13N3O5S. The van der Waals surface area contributed by atoms with Gasteiger partial charge in [0, 0.05) is 18.2 Å². The van der Waals surface area contributed by atoms with E-state index in [0.29, 0.717) is 12.0 Å². The molecule has 0 radical (unpaired) electrons. The van der Waals surface area contributed by atoms with E-state index in [1.165, 1.54) is 30.3 Å². The average Bonchev–Trinajstić information content (AvgIpc) is 2.83. The fourth-order valence-electron chi connectivity index (χ4n) is 2.18. The maximum Gasteiger partial charge on any atom is 0.269 e. The summed E-state index contributed by atoms with van der Waals surface area (Å²) in [5.74, 6) is -0.770. The first-order valence-corrected chi connectivity index (χ1v) is 8.50. The maximum atomic E-state index is 12.0. The van der Waals surface area contributed by atoms with Gasteiger partial charge >= 0.3 is 0 Å². The Labute approximate surface area is 132 Å². The van der Waals surface area contributed by atoms with E-state index < -0.39 is 26.7 Å².